The van der Waals surface area contributed by atoms with E-state index < -0.39 is 5.54 Å². The highest BCUT2D eigenvalue weighted by molar-refractivity contribution is 5.53. The first kappa shape index (κ1) is 13.3. The Bertz CT molecular complexity index is 674. The molecule has 3 rings (SSSR count). The van der Waals surface area contributed by atoms with E-state index in [0.29, 0.717) is 12.1 Å². The maximum atomic E-state index is 6.09. The predicted octanol–water partition coefficient (Wildman–Crippen LogP) is 3.08. The van der Waals surface area contributed by atoms with Gasteiger partial charge in [0.1, 0.15) is 0 Å². The summed E-state index contributed by atoms with van der Waals surface area (Å²) in [5.41, 5.74) is 15.4. The van der Waals surface area contributed by atoms with E-state index in [1.807, 2.05) is 60.7 Å². The monoisotopic (exact) mass is 277 g/mol. The molecule has 0 fully saturated rings. The molecule has 1 unspecified atom stereocenters. The number of benzene rings is 2. The van der Waals surface area contributed by atoms with Crippen molar-refractivity contribution in [3.63, 3.8) is 0 Å². The number of hydrogen-bond donors (Lipinski definition) is 3. The molecule has 0 bridgehead atoms. The first-order chi connectivity index (χ1) is 10.2. The van der Waals surface area contributed by atoms with Crippen molar-refractivity contribution in [1.29, 1.82) is 0 Å². The number of nitrogens with one attached hydrogen (secondary N) is 1. The predicted molar refractivity (Wildman–Crippen MR) is 87.3 cm³/mol. The van der Waals surface area contributed by atoms with Crippen molar-refractivity contribution < 1.29 is 0 Å². The molecule has 1 aliphatic carbocycles. The molecule has 5 N–H and O–H groups in total. The van der Waals surface area contributed by atoms with E-state index in [0.717, 1.165) is 16.9 Å². The van der Waals surface area contributed by atoms with Crippen LogP contribution in [0.15, 0.2) is 84.2 Å². The molecule has 0 saturated carbocycles. The smallest absolute Gasteiger partial charge is 0.0886 e. The van der Waals surface area contributed by atoms with Gasteiger partial charge in [-0.2, -0.15) is 0 Å². The number of anilines is 1. The van der Waals surface area contributed by atoms with E-state index in [-0.39, 0.29) is 0 Å². The topological polar surface area (TPSA) is 64.1 Å². The maximum Gasteiger partial charge on any atom is 0.0886 e. The third-order valence-corrected chi connectivity index (χ3v) is 3.68. The van der Waals surface area contributed by atoms with E-state index in [2.05, 4.69) is 17.4 Å². The average molecular weight is 277 g/mol. The fourth-order valence-corrected chi connectivity index (χ4v) is 2.82. The van der Waals surface area contributed by atoms with Crippen molar-refractivity contribution in [2.45, 2.75) is 12.0 Å². The van der Waals surface area contributed by atoms with Gasteiger partial charge in [0, 0.05) is 23.5 Å². The first-order valence-corrected chi connectivity index (χ1v) is 7.01. The zero-order valence-electron chi connectivity index (χ0n) is 11.8. The van der Waals surface area contributed by atoms with Crippen LogP contribution in [0.2, 0.25) is 0 Å². The maximum absolute atomic E-state index is 6.09. The Balaban J connectivity index is 2.06. The van der Waals surface area contributed by atoms with Gasteiger partial charge < -0.3 is 16.8 Å². The second kappa shape index (κ2) is 5.37. The average Bonchev–Trinajstić information content (AvgIpc) is 2.48. The largest absolute Gasteiger partial charge is 0.402 e. The standard InChI is InChI=1S/C18H19N3/c19-15-11-16(20)13-18(12-15,14-7-3-1-4-8-14)21-17-9-5-2-6-10-17/h1-12,21H,13,19-20H2. The minimum atomic E-state index is -0.411. The van der Waals surface area contributed by atoms with Gasteiger partial charge in [0.25, 0.3) is 0 Å². The molecule has 0 saturated heterocycles. The molecule has 1 atom stereocenters. The second-order valence-corrected chi connectivity index (χ2v) is 5.37. The third-order valence-electron chi connectivity index (χ3n) is 3.68. The van der Waals surface area contributed by atoms with Gasteiger partial charge in [0.2, 0.25) is 0 Å². The van der Waals surface area contributed by atoms with E-state index in [1.165, 1.54) is 0 Å². The Morgan fingerprint density at radius 2 is 1.48 bits per heavy atom. The van der Waals surface area contributed by atoms with Crippen LogP contribution >= 0.6 is 0 Å². The molecule has 0 amide bonds. The Hall–Kier alpha value is -2.68. The molecule has 3 heteroatoms. The van der Waals surface area contributed by atoms with Crippen LogP contribution in [-0.4, -0.2) is 0 Å². The lowest BCUT2D eigenvalue weighted by Gasteiger charge is -2.36. The van der Waals surface area contributed by atoms with Gasteiger partial charge in [-0.1, -0.05) is 48.5 Å². The number of para-hydroxylation sites is 1. The van der Waals surface area contributed by atoms with Crippen LogP contribution in [0.3, 0.4) is 0 Å². The SMILES string of the molecule is NC1=CC(Nc2ccccc2)(c2ccccc2)CC(N)=C1. The summed E-state index contributed by atoms with van der Waals surface area (Å²) in [4.78, 5) is 0. The molecule has 106 valence electrons. The van der Waals surface area contributed by atoms with Crippen LogP contribution in [0.25, 0.3) is 0 Å². The Labute approximate surface area is 125 Å². The van der Waals surface area contributed by atoms with Crippen molar-refractivity contribution in [3.05, 3.63) is 89.8 Å². The molecule has 0 heterocycles. The summed E-state index contributed by atoms with van der Waals surface area (Å²) in [5, 5.41) is 3.59. The van der Waals surface area contributed by atoms with Gasteiger partial charge in [-0.05, 0) is 29.8 Å². The number of rotatable bonds is 3. The molecular formula is C18H19N3. The van der Waals surface area contributed by atoms with Crippen LogP contribution in [0.5, 0.6) is 0 Å². The molecule has 2 aromatic carbocycles. The second-order valence-electron chi connectivity index (χ2n) is 5.37. The van der Waals surface area contributed by atoms with Crippen molar-refractivity contribution in [2.24, 2.45) is 11.5 Å². The molecule has 0 radical (unpaired) electrons. The highest BCUT2D eigenvalue weighted by Gasteiger charge is 2.32. The quantitative estimate of drug-likeness (QED) is 0.808. The van der Waals surface area contributed by atoms with Crippen LogP contribution in [0.1, 0.15) is 12.0 Å². The fraction of sp³-hybridized carbons (Fsp3) is 0.111. The molecule has 2 aromatic rings. The van der Waals surface area contributed by atoms with Crippen molar-refractivity contribution in [3.8, 4) is 0 Å². The van der Waals surface area contributed by atoms with Gasteiger partial charge >= 0.3 is 0 Å². The molecule has 0 spiro atoms. The number of hydrogen-bond acceptors (Lipinski definition) is 3. The minimum absolute atomic E-state index is 0.411. The fourth-order valence-electron chi connectivity index (χ4n) is 2.82. The highest BCUT2D eigenvalue weighted by atomic mass is 15.0. The highest BCUT2D eigenvalue weighted by Crippen LogP contribution is 2.36. The van der Waals surface area contributed by atoms with Crippen LogP contribution in [-0.2, 0) is 5.54 Å². The zero-order valence-corrected chi connectivity index (χ0v) is 11.8. The summed E-state index contributed by atoms with van der Waals surface area (Å²) < 4.78 is 0. The number of nitrogens with two attached hydrogens (primary N) is 2. The normalized spacial score (nSPS) is 21.3. The van der Waals surface area contributed by atoms with E-state index in [9.17, 15) is 0 Å². The summed E-state index contributed by atoms with van der Waals surface area (Å²) in [6, 6.07) is 20.4. The van der Waals surface area contributed by atoms with Crippen molar-refractivity contribution in [1.82, 2.24) is 0 Å². The van der Waals surface area contributed by atoms with Crippen molar-refractivity contribution in [2.75, 3.05) is 5.32 Å². The van der Waals surface area contributed by atoms with Gasteiger partial charge in [-0.25, -0.2) is 0 Å². The zero-order chi connectivity index (χ0) is 14.7. The van der Waals surface area contributed by atoms with Crippen LogP contribution in [0, 0.1) is 0 Å². The lowest BCUT2D eigenvalue weighted by molar-refractivity contribution is 0.588. The van der Waals surface area contributed by atoms with Crippen LogP contribution < -0.4 is 16.8 Å². The van der Waals surface area contributed by atoms with E-state index in [4.69, 9.17) is 11.5 Å². The van der Waals surface area contributed by atoms with Gasteiger partial charge in [-0.3, -0.25) is 0 Å². The van der Waals surface area contributed by atoms with Crippen LogP contribution in [0.4, 0.5) is 5.69 Å². The lowest BCUT2D eigenvalue weighted by Crippen LogP contribution is -2.37. The van der Waals surface area contributed by atoms with Crippen molar-refractivity contribution >= 4 is 5.69 Å². The summed E-state index contributed by atoms with van der Waals surface area (Å²) in [7, 11) is 0. The van der Waals surface area contributed by atoms with Gasteiger partial charge in [-0.15, -0.1) is 0 Å². The van der Waals surface area contributed by atoms with Gasteiger partial charge in [0.05, 0.1) is 5.54 Å². The summed E-state index contributed by atoms with van der Waals surface area (Å²) in [6.45, 7) is 0. The molecular weight excluding hydrogens is 258 g/mol. The number of allylic oxidation sites excluding steroid dienone is 1. The molecule has 0 aliphatic heterocycles. The summed E-state index contributed by atoms with van der Waals surface area (Å²) in [6.07, 6.45) is 4.56. The lowest BCUT2D eigenvalue weighted by atomic mass is 9.81. The van der Waals surface area contributed by atoms with E-state index >= 15 is 0 Å². The Kier molecular flexibility index (Phi) is 3.40. The van der Waals surface area contributed by atoms with E-state index in [1.54, 1.807) is 0 Å². The molecule has 3 nitrogen and oxygen atoms in total. The summed E-state index contributed by atoms with van der Waals surface area (Å²) >= 11 is 0. The molecule has 0 aromatic heterocycles. The Morgan fingerprint density at radius 3 is 2.10 bits per heavy atom. The minimum Gasteiger partial charge on any atom is -0.402 e. The summed E-state index contributed by atoms with van der Waals surface area (Å²) in [5.74, 6) is 0. The Morgan fingerprint density at radius 1 is 0.857 bits per heavy atom. The molecule has 21 heavy (non-hydrogen) atoms. The van der Waals surface area contributed by atoms with Gasteiger partial charge in [0.15, 0.2) is 0 Å². The molecule has 1 aliphatic rings. The third kappa shape index (κ3) is 2.77. The first-order valence-electron chi connectivity index (χ1n) is 7.01.